The van der Waals surface area contributed by atoms with E-state index in [0.29, 0.717) is 10.9 Å². The normalized spacial score (nSPS) is 15.2. The predicted octanol–water partition coefficient (Wildman–Crippen LogP) is 2.75. The maximum Gasteiger partial charge on any atom is 0.240 e. The first-order chi connectivity index (χ1) is 14.5. The van der Waals surface area contributed by atoms with Crippen LogP contribution in [0.25, 0.3) is 16.8 Å². The molecule has 2 aromatic heterocycles. The standard InChI is InChI=1S/C21H28N6O2S/c1-14(2)22-19(29)13-30-21-25-24-20-26(16-10-6-7-11-17(16)27(20)21)12-18(28)23-15-8-4-3-5-9-15/h6-7,10-11,14-15H,3-5,8-9,12-13H2,1-2H3,(H,22,29)(H,23,28). The van der Waals surface area contributed by atoms with E-state index in [0.717, 1.165) is 23.9 Å². The molecule has 160 valence electrons. The summed E-state index contributed by atoms with van der Waals surface area (Å²) in [7, 11) is 0. The molecule has 1 fully saturated rings. The van der Waals surface area contributed by atoms with E-state index >= 15 is 0 Å². The number of carbonyl (C=O) groups is 2. The Labute approximate surface area is 179 Å². The largest absolute Gasteiger partial charge is 0.353 e. The summed E-state index contributed by atoms with van der Waals surface area (Å²) in [6.45, 7) is 4.07. The zero-order valence-corrected chi connectivity index (χ0v) is 18.2. The van der Waals surface area contributed by atoms with Crippen molar-refractivity contribution < 1.29 is 9.59 Å². The Morgan fingerprint density at radius 1 is 1.10 bits per heavy atom. The van der Waals surface area contributed by atoms with Crippen LogP contribution in [-0.2, 0) is 16.1 Å². The van der Waals surface area contributed by atoms with Crippen LogP contribution in [-0.4, -0.2) is 48.8 Å². The average Bonchev–Trinajstić information content (AvgIpc) is 3.26. The van der Waals surface area contributed by atoms with Crippen LogP contribution in [0, 0.1) is 0 Å². The van der Waals surface area contributed by atoms with Crippen molar-refractivity contribution in [1.82, 2.24) is 29.8 Å². The maximum atomic E-state index is 12.7. The van der Waals surface area contributed by atoms with Crippen molar-refractivity contribution in [2.24, 2.45) is 0 Å². The number of imidazole rings is 1. The number of fused-ring (bicyclic) bond motifs is 3. The van der Waals surface area contributed by atoms with Gasteiger partial charge >= 0.3 is 0 Å². The van der Waals surface area contributed by atoms with Crippen molar-refractivity contribution in [3.63, 3.8) is 0 Å². The molecule has 30 heavy (non-hydrogen) atoms. The number of thioether (sulfide) groups is 1. The van der Waals surface area contributed by atoms with Gasteiger partial charge in [-0.2, -0.15) is 0 Å². The number of carbonyl (C=O) groups excluding carboxylic acids is 2. The van der Waals surface area contributed by atoms with Crippen LogP contribution in [0.4, 0.5) is 0 Å². The first kappa shape index (κ1) is 20.7. The summed E-state index contributed by atoms with van der Waals surface area (Å²) in [6, 6.07) is 8.24. The smallest absolute Gasteiger partial charge is 0.240 e. The van der Waals surface area contributed by atoms with Crippen LogP contribution in [0.2, 0.25) is 0 Å². The molecule has 4 rings (SSSR count). The van der Waals surface area contributed by atoms with Crippen molar-refractivity contribution in [2.45, 2.75) is 69.7 Å². The van der Waals surface area contributed by atoms with Crippen molar-refractivity contribution in [3.05, 3.63) is 24.3 Å². The Morgan fingerprint density at radius 2 is 1.83 bits per heavy atom. The third-order valence-electron chi connectivity index (χ3n) is 5.33. The molecule has 2 amide bonds. The molecular formula is C21H28N6O2S. The third kappa shape index (κ3) is 4.45. The lowest BCUT2D eigenvalue weighted by Crippen LogP contribution is -2.38. The van der Waals surface area contributed by atoms with Gasteiger partial charge in [-0.25, -0.2) is 0 Å². The van der Waals surface area contributed by atoms with E-state index in [-0.39, 0.29) is 36.2 Å². The minimum atomic E-state index is -0.0395. The molecule has 2 N–H and O–H groups in total. The van der Waals surface area contributed by atoms with E-state index < -0.39 is 0 Å². The van der Waals surface area contributed by atoms with Gasteiger partial charge in [0.05, 0.1) is 16.8 Å². The SMILES string of the molecule is CC(C)NC(=O)CSc1nnc2n(CC(=O)NC3CCCCC3)c3ccccc3n12. The number of para-hydroxylation sites is 2. The van der Waals surface area contributed by atoms with Gasteiger partial charge in [0.25, 0.3) is 0 Å². The van der Waals surface area contributed by atoms with Crippen molar-refractivity contribution in [2.75, 3.05) is 5.75 Å². The minimum Gasteiger partial charge on any atom is -0.353 e. The van der Waals surface area contributed by atoms with Gasteiger partial charge in [0, 0.05) is 12.1 Å². The molecular weight excluding hydrogens is 400 g/mol. The number of amides is 2. The summed E-state index contributed by atoms with van der Waals surface area (Å²) >= 11 is 1.35. The molecule has 1 aliphatic rings. The van der Waals surface area contributed by atoms with Crippen molar-refractivity contribution in [1.29, 1.82) is 0 Å². The predicted molar refractivity (Wildman–Crippen MR) is 118 cm³/mol. The Kier molecular flexibility index (Phi) is 6.26. The second-order valence-corrected chi connectivity index (χ2v) is 9.05. The van der Waals surface area contributed by atoms with Crippen molar-refractivity contribution in [3.8, 4) is 0 Å². The Balaban J connectivity index is 1.57. The van der Waals surface area contributed by atoms with Crippen LogP contribution in [0.3, 0.4) is 0 Å². The van der Waals surface area contributed by atoms with Crippen LogP contribution in [0.1, 0.15) is 46.0 Å². The lowest BCUT2D eigenvalue weighted by atomic mass is 9.95. The van der Waals surface area contributed by atoms with Crippen molar-refractivity contribution >= 4 is 40.4 Å². The zero-order valence-electron chi connectivity index (χ0n) is 17.4. The van der Waals surface area contributed by atoms with Crippen LogP contribution in [0.15, 0.2) is 29.4 Å². The quantitative estimate of drug-likeness (QED) is 0.565. The molecule has 0 spiro atoms. The number of nitrogens with one attached hydrogen (secondary N) is 2. The Hall–Kier alpha value is -2.55. The van der Waals surface area contributed by atoms with Gasteiger partial charge in [0.15, 0.2) is 5.16 Å². The van der Waals surface area contributed by atoms with E-state index in [9.17, 15) is 9.59 Å². The molecule has 8 nitrogen and oxygen atoms in total. The summed E-state index contributed by atoms with van der Waals surface area (Å²) in [5, 5.41) is 15.3. The van der Waals surface area contributed by atoms with Crippen LogP contribution < -0.4 is 10.6 Å². The van der Waals surface area contributed by atoms with Gasteiger partial charge in [0.1, 0.15) is 6.54 Å². The van der Waals surface area contributed by atoms with E-state index in [1.165, 1.54) is 31.0 Å². The Morgan fingerprint density at radius 3 is 2.57 bits per heavy atom. The van der Waals surface area contributed by atoms with Crippen LogP contribution in [0.5, 0.6) is 0 Å². The van der Waals surface area contributed by atoms with E-state index in [2.05, 4.69) is 20.8 Å². The molecule has 1 saturated carbocycles. The fourth-order valence-electron chi connectivity index (χ4n) is 4.04. The first-order valence-electron chi connectivity index (χ1n) is 10.6. The number of hydrogen-bond acceptors (Lipinski definition) is 5. The molecule has 0 radical (unpaired) electrons. The highest BCUT2D eigenvalue weighted by Gasteiger charge is 2.21. The second kappa shape index (κ2) is 9.07. The fraction of sp³-hybridized carbons (Fsp3) is 0.524. The van der Waals surface area contributed by atoms with E-state index in [4.69, 9.17) is 0 Å². The summed E-state index contributed by atoms with van der Waals surface area (Å²) in [5.74, 6) is 0.837. The number of nitrogens with zero attached hydrogens (tertiary/aromatic N) is 4. The number of aromatic nitrogens is 4. The summed E-state index contributed by atoms with van der Waals surface area (Å²) in [4.78, 5) is 24.8. The third-order valence-corrected chi connectivity index (χ3v) is 6.25. The molecule has 1 aliphatic carbocycles. The molecule has 0 unspecified atom stereocenters. The molecule has 2 heterocycles. The fourth-order valence-corrected chi connectivity index (χ4v) is 4.80. The summed E-state index contributed by atoms with van der Waals surface area (Å²) < 4.78 is 3.83. The monoisotopic (exact) mass is 428 g/mol. The Bertz CT molecular complexity index is 1050. The second-order valence-electron chi connectivity index (χ2n) is 8.11. The van der Waals surface area contributed by atoms with Gasteiger partial charge in [-0.1, -0.05) is 43.2 Å². The number of hydrogen-bond donors (Lipinski definition) is 2. The first-order valence-corrected chi connectivity index (χ1v) is 11.6. The number of rotatable bonds is 7. The molecule has 0 aliphatic heterocycles. The topological polar surface area (TPSA) is 93.3 Å². The molecule has 1 aromatic carbocycles. The minimum absolute atomic E-state index is 0.00123. The van der Waals surface area contributed by atoms with Gasteiger partial charge in [-0.3, -0.25) is 18.6 Å². The van der Waals surface area contributed by atoms with E-state index in [1.807, 2.05) is 47.1 Å². The molecule has 3 aromatic rings. The van der Waals surface area contributed by atoms with Gasteiger partial charge in [-0.15, -0.1) is 10.2 Å². The summed E-state index contributed by atoms with van der Waals surface area (Å²) in [5.41, 5.74) is 1.85. The lowest BCUT2D eigenvalue weighted by Gasteiger charge is -2.22. The highest BCUT2D eigenvalue weighted by atomic mass is 32.2. The van der Waals surface area contributed by atoms with Gasteiger partial charge < -0.3 is 10.6 Å². The summed E-state index contributed by atoms with van der Waals surface area (Å²) in [6.07, 6.45) is 5.72. The number of benzene rings is 1. The molecule has 0 atom stereocenters. The molecule has 9 heteroatoms. The van der Waals surface area contributed by atoms with Gasteiger partial charge in [-0.05, 0) is 38.8 Å². The maximum absolute atomic E-state index is 12.7. The van der Waals surface area contributed by atoms with Gasteiger partial charge in [0.2, 0.25) is 17.6 Å². The highest BCUT2D eigenvalue weighted by Crippen LogP contribution is 2.26. The van der Waals surface area contributed by atoms with E-state index in [1.54, 1.807) is 0 Å². The average molecular weight is 429 g/mol. The highest BCUT2D eigenvalue weighted by molar-refractivity contribution is 7.99. The molecule has 0 saturated heterocycles. The zero-order chi connectivity index (χ0) is 21.1. The molecule has 0 bridgehead atoms. The lowest BCUT2D eigenvalue weighted by molar-refractivity contribution is -0.122. The van der Waals surface area contributed by atoms with Crippen LogP contribution >= 0.6 is 11.8 Å².